The zero-order chi connectivity index (χ0) is 15.4. The Labute approximate surface area is 140 Å². The summed E-state index contributed by atoms with van der Waals surface area (Å²) in [4.78, 5) is 0. The van der Waals surface area contributed by atoms with Crippen molar-refractivity contribution in [3.63, 3.8) is 0 Å². The Morgan fingerprint density at radius 2 is 2.00 bits per heavy atom. The van der Waals surface area contributed by atoms with E-state index in [1.165, 1.54) is 11.8 Å². The molecule has 1 aromatic carbocycles. The molecule has 7 heteroatoms. The highest BCUT2D eigenvalue weighted by atomic mass is 79.9. The summed E-state index contributed by atoms with van der Waals surface area (Å²) in [5.41, 5.74) is 0.825. The first-order valence-corrected chi connectivity index (χ1v) is 8.39. The molecule has 0 unspecified atom stereocenters. The summed E-state index contributed by atoms with van der Waals surface area (Å²) in [6.07, 6.45) is 1.60. The molecule has 3 aromatic rings. The minimum absolute atomic E-state index is 0.475. The van der Waals surface area contributed by atoms with Gasteiger partial charge in [0.15, 0.2) is 0 Å². The van der Waals surface area contributed by atoms with E-state index in [9.17, 15) is 0 Å². The first-order chi connectivity index (χ1) is 10.7. The number of aryl methyl sites for hydroxylation is 1. The summed E-state index contributed by atoms with van der Waals surface area (Å²) in [5.74, 6) is 2.80. The molecular formula is C15H13BrN2O3S. The third kappa shape index (κ3) is 3.72. The predicted octanol–water partition coefficient (Wildman–Crippen LogP) is 4.57. The largest absolute Gasteiger partial charge is 0.493 e. The monoisotopic (exact) mass is 380 g/mol. The zero-order valence-electron chi connectivity index (χ0n) is 11.8. The first-order valence-electron chi connectivity index (χ1n) is 6.61. The van der Waals surface area contributed by atoms with Gasteiger partial charge in [0.05, 0.1) is 18.4 Å². The normalized spacial score (nSPS) is 10.8. The number of aromatic nitrogens is 2. The summed E-state index contributed by atoms with van der Waals surface area (Å²) in [6, 6.07) is 9.54. The Kier molecular flexibility index (Phi) is 4.84. The Bertz CT molecular complexity index is 739. The summed E-state index contributed by atoms with van der Waals surface area (Å²) in [7, 11) is 0. The van der Waals surface area contributed by atoms with Crippen molar-refractivity contribution in [3.05, 3.63) is 46.8 Å². The molecule has 0 bridgehead atoms. The number of hydrogen-bond acceptors (Lipinski definition) is 6. The van der Waals surface area contributed by atoms with Crippen molar-refractivity contribution in [2.45, 2.75) is 12.1 Å². The fourth-order valence-corrected chi connectivity index (χ4v) is 2.65. The second kappa shape index (κ2) is 7.02. The second-order valence-electron chi connectivity index (χ2n) is 4.41. The number of nitrogens with zero attached hydrogens (tertiary/aromatic N) is 2. The number of halogens is 1. The van der Waals surface area contributed by atoms with Crippen LogP contribution in [0.15, 0.2) is 55.1 Å². The molecule has 0 aliphatic rings. The molecule has 5 nitrogen and oxygen atoms in total. The second-order valence-corrected chi connectivity index (χ2v) is 6.38. The van der Waals surface area contributed by atoms with Gasteiger partial charge in [-0.2, -0.15) is 0 Å². The van der Waals surface area contributed by atoms with Crippen LogP contribution in [0.5, 0.6) is 5.75 Å². The maximum atomic E-state index is 5.63. The average molecular weight is 381 g/mol. The highest BCUT2D eigenvalue weighted by Crippen LogP contribution is 2.26. The topological polar surface area (TPSA) is 61.3 Å². The molecule has 0 fully saturated rings. The van der Waals surface area contributed by atoms with Gasteiger partial charge < -0.3 is 13.6 Å². The Morgan fingerprint density at radius 3 is 2.73 bits per heavy atom. The molecule has 2 heterocycles. The molecule has 0 amide bonds. The van der Waals surface area contributed by atoms with Gasteiger partial charge in [0.25, 0.3) is 11.1 Å². The van der Waals surface area contributed by atoms with E-state index >= 15 is 0 Å². The van der Waals surface area contributed by atoms with Crippen molar-refractivity contribution < 1.29 is 13.6 Å². The highest BCUT2D eigenvalue weighted by Gasteiger charge is 2.13. The van der Waals surface area contributed by atoms with E-state index in [1.54, 1.807) is 6.26 Å². The fraction of sp³-hybridized carbons (Fsp3) is 0.200. The molecule has 0 saturated heterocycles. The minimum Gasteiger partial charge on any atom is -0.493 e. The van der Waals surface area contributed by atoms with Gasteiger partial charge in [0.2, 0.25) is 0 Å². The number of benzene rings is 1. The van der Waals surface area contributed by atoms with Gasteiger partial charge in [0.1, 0.15) is 11.5 Å². The molecule has 0 atom stereocenters. The molecular weight excluding hydrogens is 368 g/mol. The summed E-state index contributed by atoms with van der Waals surface area (Å²) in [5, 5.41) is 8.56. The maximum Gasteiger partial charge on any atom is 0.276 e. The van der Waals surface area contributed by atoms with Crippen LogP contribution >= 0.6 is 27.7 Å². The van der Waals surface area contributed by atoms with Crippen LogP contribution in [0, 0.1) is 6.92 Å². The van der Waals surface area contributed by atoms with E-state index in [2.05, 4.69) is 26.1 Å². The van der Waals surface area contributed by atoms with Gasteiger partial charge >= 0.3 is 0 Å². The van der Waals surface area contributed by atoms with Crippen molar-refractivity contribution >= 4 is 27.7 Å². The van der Waals surface area contributed by atoms with E-state index in [4.69, 9.17) is 13.6 Å². The lowest BCUT2D eigenvalue weighted by atomic mass is 10.3. The molecule has 114 valence electrons. The molecule has 2 aromatic heterocycles. The van der Waals surface area contributed by atoms with E-state index < -0.39 is 0 Å². The average Bonchev–Trinajstić information content (AvgIpc) is 3.14. The van der Waals surface area contributed by atoms with Crippen molar-refractivity contribution in [1.29, 1.82) is 0 Å². The molecule has 3 rings (SSSR count). The predicted molar refractivity (Wildman–Crippen MR) is 87.1 cm³/mol. The van der Waals surface area contributed by atoms with Crippen LogP contribution in [0.25, 0.3) is 11.5 Å². The lowest BCUT2D eigenvalue weighted by molar-refractivity contribution is 0.343. The summed E-state index contributed by atoms with van der Waals surface area (Å²) < 4.78 is 17.5. The number of rotatable bonds is 6. The van der Waals surface area contributed by atoms with Crippen LogP contribution in [0.1, 0.15) is 5.76 Å². The number of thioether (sulfide) groups is 1. The molecule has 0 radical (unpaired) electrons. The van der Waals surface area contributed by atoms with Gasteiger partial charge in [0, 0.05) is 10.2 Å². The van der Waals surface area contributed by atoms with Gasteiger partial charge in [-0.25, -0.2) is 0 Å². The maximum absolute atomic E-state index is 5.63. The first kappa shape index (κ1) is 15.2. The Balaban J connectivity index is 1.49. The van der Waals surface area contributed by atoms with Crippen molar-refractivity contribution in [2.24, 2.45) is 0 Å². The fourth-order valence-electron chi connectivity index (χ4n) is 1.80. The molecule has 0 saturated carbocycles. The smallest absolute Gasteiger partial charge is 0.276 e. The van der Waals surface area contributed by atoms with Gasteiger partial charge in [-0.3, -0.25) is 0 Å². The van der Waals surface area contributed by atoms with Crippen LogP contribution < -0.4 is 4.74 Å². The van der Waals surface area contributed by atoms with Crippen LogP contribution in [-0.2, 0) is 0 Å². The van der Waals surface area contributed by atoms with E-state index in [1.807, 2.05) is 37.3 Å². The van der Waals surface area contributed by atoms with E-state index in [-0.39, 0.29) is 0 Å². The Hall–Kier alpha value is -1.73. The molecule has 0 spiro atoms. The van der Waals surface area contributed by atoms with Crippen LogP contribution in [0.4, 0.5) is 0 Å². The number of hydrogen-bond donors (Lipinski definition) is 0. The minimum atomic E-state index is 0.475. The van der Waals surface area contributed by atoms with Crippen LogP contribution in [-0.4, -0.2) is 22.6 Å². The Morgan fingerprint density at radius 1 is 1.18 bits per heavy atom. The van der Waals surface area contributed by atoms with Crippen molar-refractivity contribution in [2.75, 3.05) is 12.4 Å². The van der Waals surface area contributed by atoms with Crippen LogP contribution in [0.3, 0.4) is 0 Å². The van der Waals surface area contributed by atoms with Crippen molar-refractivity contribution in [3.8, 4) is 17.2 Å². The molecule has 0 aliphatic heterocycles. The number of ether oxygens (including phenoxy) is 1. The van der Waals surface area contributed by atoms with Gasteiger partial charge in [-0.1, -0.05) is 27.7 Å². The highest BCUT2D eigenvalue weighted by molar-refractivity contribution is 9.10. The summed E-state index contributed by atoms with van der Waals surface area (Å²) in [6.45, 7) is 2.42. The molecule has 0 aliphatic carbocycles. The van der Waals surface area contributed by atoms with Gasteiger partial charge in [-0.15, -0.1) is 10.2 Å². The van der Waals surface area contributed by atoms with E-state index in [0.717, 1.165) is 27.3 Å². The SMILES string of the molecule is Cc1occc1-c1nnc(SCCOc2ccc(Br)cc2)o1. The van der Waals surface area contributed by atoms with Gasteiger partial charge in [-0.05, 0) is 37.3 Å². The summed E-state index contributed by atoms with van der Waals surface area (Å²) >= 11 is 4.85. The third-order valence-electron chi connectivity index (χ3n) is 2.89. The zero-order valence-corrected chi connectivity index (χ0v) is 14.2. The third-order valence-corrected chi connectivity index (χ3v) is 4.20. The standard InChI is InChI=1S/C15H13BrN2O3S/c1-10-13(6-7-19-10)14-17-18-15(21-14)22-9-8-20-12-4-2-11(16)3-5-12/h2-7H,8-9H2,1H3. The van der Waals surface area contributed by atoms with Crippen molar-refractivity contribution in [1.82, 2.24) is 10.2 Å². The van der Waals surface area contributed by atoms with Crippen LogP contribution in [0.2, 0.25) is 0 Å². The quantitative estimate of drug-likeness (QED) is 0.460. The number of furan rings is 1. The molecule has 0 N–H and O–H groups in total. The lowest BCUT2D eigenvalue weighted by Crippen LogP contribution is -1.99. The lowest BCUT2D eigenvalue weighted by Gasteiger charge is -2.04. The van der Waals surface area contributed by atoms with E-state index in [0.29, 0.717) is 17.7 Å². The molecule has 22 heavy (non-hydrogen) atoms.